The minimum absolute atomic E-state index is 0.253. The first kappa shape index (κ1) is 25.8. The Balaban J connectivity index is 1.23. The third-order valence-corrected chi connectivity index (χ3v) is 8.57. The lowest BCUT2D eigenvalue weighted by Gasteiger charge is -2.37. The standard InChI is InChI=1S/C29H33F3N6O2/c30-29(31,32)18-37-24-16-19(21-4-3-10-33-27(21)36-13-11-35(12-14-36)20-7-8-20)6-9-22(24)26-23(28(37)39)17-38(34-26)25-5-1-2-15-40-25/h3-4,6,9-10,16-17,20,25-26,34H,1-2,5,7-8,11-15,18H2. The molecule has 0 bridgehead atoms. The summed E-state index contributed by atoms with van der Waals surface area (Å²) in [5, 5.41) is 1.76. The van der Waals surface area contributed by atoms with E-state index in [0.29, 0.717) is 23.8 Å². The van der Waals surface area contributed by atoms with Crippen LogP contribution in [-0.2, 0) is 9.53 Å². The molecule has 1 saturated carbocycles. The number of hydrogen-bond donors (Lipinski definition) is 1. The number of hydrogen-bond acceptors (Lipinski definition) is 7. The van der Waals surface area contributed by atoms with Gasteiger partial charge in [0.2, 0.25) is 0 Å². The van der Waals surface area contributed by atoms with E-state index in [2.05, 4.69) is 20.2 Å². The number of carbonyl (C=O) groups excluding carboxylic acids is 1. The lowest BCUT2D eigenvalue weighted by molar-refractivity contribution is -0.130. The molecule has 1 aromatic heterocycles. The van der Waals surface area contributed by atoms with Crippen molar-refractivity contribution in [2.75, 3.05) is 49.1 Å². The van der Waals surface area contributed by atoms with Crippen molar-refractivity contribution in [3.8, 4) is 11.1 Å². The predicted octanol–water partition coefficient (Wildman–Crippen LogP) is 4.21. The molecule has 212 valence electrons. The molecule has 0 radical (unpaired) electrons. The van der Waals surface area contributed by atoms with E-state index in [1.54, 1.807) is 23.5 Å². The van der Waals surface area contributed by atoms with Crippen LogP contribution in [-0.4, -0.2) is 78.6 Å². The van der Waals surface area contributed by atoms with E-state index in [1.165, 1.54) is 12.8 Å². The third-order valence-electron chi connectivity index (χ3n) is 8.57. The number of rotatable bonds is 5. The topological polar surface area (TPSA) is 64.2 Å². The van der Waals surface area contributed by atoms with E-state index < -0.39 is 24.7 Å². The number of pyridine rings is 1. The number of nitrogens with zero attached hydrogens (tertiary/aromatic N) is 5. The molecule has 2 unspecified atom stereocenters. The summed E-state index contributed by atoms with van der Waals surface area (Å²) in [6.07, 6.45) is 3.88. The third kappa shape index (κ3) is 4.84. The van der Waals surface area contributed by atoms with Crippen LogP contribution in [0.4, 0.5) is 24.7 Å². The van der Waals surface area contributed by atoms with Gasteiger partial charge in [-0.3, -0.25) is 19.6 Å². The molecular weight excluding hydrogens is 521 g/mol. The van der Waals surface area contributed by atoms with Gasteiger partial charge in [-0.1, -0.05) is 12.1 Å². The van der Waals surface area contributed by atoms with Gasteiger partial charge in [-0.05, 0) is 61.4 Å². The quantitative estimate of drug-likeness (QED) is 0.594. The smallest absolute Gasteiger partial charge is 0.357 e. The molecule has 0 spiro atoms. The van der Waals surface area contributed by atoms with Crippen molar-refractivity contribution >= 4 is 17.4 Å². The molecule has 2 atom stereocenters. The van der Waals surface area contributed by atoms with Crippen LogP contribution in [0.3, 0.4) is 0 Å². The Kier molecular flexibility index (Phi) is 6.47. The first-order chi connectivity index (χ1) is 19.4. The largest absolute Gasteiger partial charge is 0.406 e. The molecule has 1 aliphatic carbocycles. The highest BCUT2D eigenvalue weighted by Crippen LogP contribution is 2.45. The van der Waals surface area contributed by atoms with Crippen molar-refractivity contribution in [1.82, 2.24) is 20.3 Å². The zero-order chi connectivity index (χ0) is 27.4. The fraction of sp³-hybridized carbons (Fsp3) is 0.517. The SMILES string of the molecule is O=C1C2=CN(C3CCCCO3)NC2c2ccc(-c3cccnc3N3CCN(C4CC4)CC3)cc2N1CC(F)(F)F. The second-order valence-corrected chi connectivity index (χ2v) is 11.3. The summed E-state index contributed by atoms with van der Waals surface area (Å²) >= 11 is 0. The van der Waals surface area contributed by atoms with Gasteiger partial charge < -0.3 is 9.64 Å². The summed E-state index contributed by atoms with van der Waals surface area (Å²) < 4.78 is 47.2. The maximum atomic E-state index is 13.8. The average Bonchev–Trinajstić information content (AvgIpc) is 3.73. The second kappa shape index (κ2) is 10.0. The molecule has 1 amide bonds. The van der Waals surface area contributed by atoms with Crippen molar-refractivity contribution in [2.24, 2.45) is 0 Å². The van der Waals surface area contributed by atoms with Crippen LogP contribution < -0.4 is 15.2 Å². The number of carbonyl (C=O) groups is 1. The number of benzene rings is 1. The molecule has 5 heterocycles. The number of anilines is 2. The number of alkyl halides is 3. The van der Waals surface area contributed by atoms with Gasteiger partial charge in [0, 0.05) is 56.8 Å². The number of nitrogens with one attached hydrogen (secondary N) is 1. The van der Waals surface area contributed by atoms with E-state index >= 15 is 0 Å². The van der Waals surface area contributed by atoms with Crippen LogP contribution in [0.1, 0.15) is 43.7 Å². The summed E-state index contributed by atoms with van der Waals surface area (Å²) in [6.45, 7) is 2.92. The van der Waals surface area contributed by atoms with E-state index in [1.807, 2.05) is 24.3 Å². The zero-order valence-electron chi connectivity index (χ0n) is 22.2. The van der Waals surface area contributed by atoms with Crippen molar-refractivity contribution in [2.45, 2.75) is 56.6 Å². The van der Waals surface area contributed by atoms with E-state index in [9.17, 15) is 18.0 Å². The molecular formula is C29H33F3N6O2. The van der Waals surface area contributed by atoms with Crippen LogP contribution in [0, 0.1) is 0 Å². The van der Waals surface area contributed by atoms with Crippen LogP contribution in [0.2, 0.25) is 0 Å². The summed E-state index contributed by atoms with van der Waals surface area (Å²) in [4.78, 5) is 23.9. The summed E-state index contributed by atoms with van der Waals surface area (Å²) in [5.74, 6) is 0.183. The highest BCUT2D eigenvalue weighted by Gasteiger charge is 2.45. The Bertz CT molecular complexity index is 1320. The van der Waals surface area contributed by atoms with E-state index in [-0.39, 0.29) is 11.9 Å². The van der Waals surface area contributed by atoms with E-state index in [0.717, 1.165) is 67.3 Å². The lowest BCUT2D eigenvalue weighted by atomic mass is 9.90. The Morgan fingerprint density at radius 2 is 1.88 bits per heavy atom. The number of fused-ring (bicyclic) bond motifs is 3. The maximum Gasteiger partial charge on any atom is 0.406 e. The Morgan fingerprint density at radius 1 is 1.05 bits per heavy atom. The molecule has 2 saturated heterocycles. The monoisotopic (exact) mass is 554 g/mol. The zero-order valence-corrected chi connectivity index (χ0v) is 22.2. The van der Waals surface area contributed by atoms with Crippen molar-refractivity contribution in [1.29, 1.82) is 0 Å². The molecule has 1 N–H and O–H groups in total. The molecule has 4 aliphatic heterocycles. The van der Waals surface area contributed by atoms with E-state index in [4.69, 9.17) is 4.74 Å². The number of piperazine rings is 1. The van der Waals surface area contributed by atoms with Crippen molar-refractivity contribution in [3.05, 3.63) is 53.9 Å². The lowest BCUT2D eigenvalue weighted by Crippen LogP contribution is -2.47. The molecule has 1 aromatic carbocycles. The number of aromatic nitrogens is 1. The van der Waals surface area contributed by atoms with Gasteiger partial charge in [0.05, 0.1) is 17.3 Å². The van der Waals surface area contributed by atoms with Gasteiger partial charge in [0.25, 0.3) is 5.91 Å². The minimum Gasteiger partial charge on any atom is -0.357 e. The Morgan fingerprint density at radius 3 is 2.60 bits per heavy atom. The molecule has 2 aromatic rings. The predicted molar refractivity (Wildman–Crippen MR) is 144 cm³/mol. The number of hydrazine groups is 1. The summed E-state index contributed by atoms with van der Waals surface area (Å²) in [6, 6.07) is 9.48. The molecule has 11 heteroatoms. The van der Waals surface area contributed by atoms with Gasteiger partial charge in [-0.25, -0.2) is 10.4 Å². The van der Waals surface area contributed by atoms with Crippen molar-refractivity contribution < 1.29 is 22.7 Å². The van der Waals surface area contributed by atoms with Crippen LogP contribution in [0.5, 0.6) is 0 Å². The number of halogens is 3. The van der Waals surface area contributed by atoms with Crippen molar-refractivity contribution in [3.63, 3.8) is 0 Å². The van der Waals surface area contributed by atoms with Crippen LogP contribution in [0.25, 0.3) is 11.1 Å². The van der Waals surface area contributed by atoms with Crippen LogP contribution >= 0.6 is 0 Å². The molecule has 3 fully saturated rings. The fourth-order valence-electron chi connectivity index (χ4n) is 6.41. The maximum absolute atomic E-state index is 13.8. The number of amides is 1. The molecule has 40 heavy (non-hydrogen) atoms. The van der Waals surface area contributed by atoms with Gasteiger partial charge in [0.15, 0.2) is 0 Å². The molecule has 8 nitrogen and oxygen atoms in total. The van der Waals surface area contributed by atoms with Gasteiger partial charge in [0.1, 0.15) is 18.6 Å². The second-order valence-electron chi connectivity index (χ2n) is 11.3. The Hall–Kier alpha value is -3.15. The fourth-order valence-corrected chi connectivity index (χ4v) is 6.41. The normalized spacial score (nSPS) is 25.6. The van der Waals surface area contributed by atoms with Gasteiger partial charge in [-0.15, -0.1) is 0 Å². The minimum atomic E-state index is -4.55. The Labute approximate surface area is 231 Å². The van der Waals surface area contributed by atoms with Gasteiger partial charge in [-0.2, -0.15) is 13.2 Å². The highest BCUT2D eigenvalue weighted by atomic mass is 19.4. The summed E-state index contributed by atoms with van der Waals surface area (Å²) in [7, 11) is 0. The average molecular weight is 555 g/mol. The molecule has 7 rings (SSSR count). The van der Waals surface area contributed by atoms with Crippen LogP contribution in [0.15, 0.2) is 48.3 Å². The highest BCUT2D eigenvalue weighted by molar-refractivity contribution is 6.10. The summed E-state index contributed by atoms with van der Waals surface area (Å²) in [5.41, 5.74) is 6.14. The first-order valence-corrected chi connectivity index (χ1v) is 14.2. The molecule has 5 aliphatic rings. The van der Waals surface area contributed by atoms with Gasteiger partial charge >= 0.3 is 6.18 Å². The number of ether oxygens (including phenoxy) is 1. The first-order valence-electron chi connectivity index (χ1n) is 14.2.